The van der Waals surface area contributed by atoms with Crippen LogP contribution in [0.3, 0.4) is 0 Å². The molecule has 0 unspecified atom stereocenters. The van der Waals surface area contributed by atoms with Gasteiger partial charge in [0.1, 0.15) is 12.6 Å². The summed E-state index contributed by atoms with van der Waals surface area (Å²) in [5.41, 5.74) is 3.23. The van der Waals surface area contributed by atoms with Crippen LogP contribution < -0.4 is 10.8 Å². The maximum atomic E-state index is 12.6. The lowest BCUT2D eigenvalue weighted by atomic mass is 10.0. The zero-order valence-electron chi connectivity index (χ0n) is 14.7. The molecule has 0 radical (unpaired) electrons. The lowest BCUT2D eigenvalue weighted by Crippen LogP contribution is -2.50. The molecule has 2 saturated heterocycles. The number of nitrogens with zero attached hydrogens (tertiary/aromatic N) is 2. The van der Waals surface area contributed by atoms with Crippen molar-refractivity contribution in [2.75, 3.05) is 19.7 Å². The van der Waals surface area contributed by atoms with Crippen molar-refractivity contribution in [3.8, 4) is 0 Å². The van der Waals surface area contributed by atoms with E-state index >= 15 is 0 Å². The summed E-state index contributed by atoms with van der Waals surface area (Å²) in [4.78, 5) is 47.4. The third kappa shape index (κ3) is 4.66. The third-order valence-electron chi connectivity index (χ3n) is 4.49. The van der Waals surface area contributed by atoms with Crippen molar-refractivity contribution in [2.45, 2.75) is 31.5 Å². The number of benzene rings is 1. The van der Waals surface area contributed by atoms with Gasteiger partial charge in [-0.15, -0.1) is 0 Å². The minimum Gasteiger partial charge on any atom is -0.465 e. The van der Waals surface area contributed by atoms with Crippen molar-refractivity contribution in [3.05, 3.63) is 35.9 Å². The summed E-state index contributed by atoms with van der Waals surface area (Å²) in [6, 6.07) is 8.50. The van der Waals surface area contributed by atoms with Gasteiger partial charge in [-0.2, -0.15) is 5.06 Å². The maximum Gasteiger partial charge on any atom is 0.404 e. The van der Waals surface area contributed by atoms with Crippen molar-refractivity contribution in [2.24, 2.45) is 0 Å². The van der Waals surface area contributed by atoms with E-state index in [0.29, 0.717) is 19.4 Å². The Kier molecular flexibility index (Phi) is 6.09. The molecule has 1 aromatic rings. The summed E-state index contributed by atoms with van der Waals surface area (Å²) in [5.74, 6) is -0.429. The number of hydrogen-bond acceptors (Lipinski definition) is 5. The summed E-state index contributed by atoms with van der Waals surface area (Å²) in [6.45, 7) is 0.750. The van der Waals surface area contributed by atoms with Crippen LogP contribution >= 0.6 is 0 Å². The molecule has 0 spiro atoms. The predicted molar refractivity (Wildman–Crippen MR) is 92.1 cm³/mol. The van der Waals surface area contributed by atoms with E-state index in [9.17, 15) is 14.4 Å². The van der Waals surface area contributed by atoms with E-state index < -0.39 is 18.0 Å². The molecule has 10 heteroatoms. The molecule has 0 aromatic heterocycles. The molecule has 2 atom stereocenters. The van der Waals surface area contributed by atoms with Crippen LogP contribution in [-0.4, -0.2) is 64.9 Å². The first kappa shape index (κ1) is 18.9. The molecule has 0 saturated carbocycles. The number of amides is 4. The minimum atomic E-state index is -1.17. The zero-order valence-corrected chi connectivity index (χ0v) is 14.7. The SMILES string of the molecule is O=C(O)NCCONC(=O)[C@@H]1CC[C@@H]2CN1C(=O)N2OCc1ccccc1. The number of nitrogens with one attached hydrogen (secondary N) is 2. The number of carboxylic acid groups (broad SMARTS) is 1. The standard InChI is InChI=1S/C17H22N4O6/c22-15(19-26-9-8-18-16(23)24)14-7-6-13-10-20(14)17(25)21(13)27-11-12-4-2-1-3-5-12/h1-5,13-14,18H,6-11H2,(H,19,22)(H,23,24)/t13-,14+/m1/s1. The van der Waals surface area contributed by atoms with Gasteiger partial charge in [0.05, 0.1) is 12.6 Å². The molecule has 1 aromatic carbocycles. The van der Waals surface area contributed by atoms with Crippen molar-refractivity contribution in [1.82, 2.24) is 20.8 Å². The molecular weight excluding hydrogens is 356 g/mol. The molecule has 27 heavy (non-hydrogen) atoms. The topological polar surface area (TPSA) is 120 Å². The van der Waals surface area contributed by atoms with E-state index in [2.05, 4.69) is 10.8 Å². The molecular formula is C17H22N4O6. The Bertz CT molecular complexity index is 685. The normalized spacial score (nSPS) is 21.3. The summed E-state index contributed by atoms with van der Waals surface area (Å²) >= 11 is 0. The van der Waals surface area contributed by atoms with Crippen molar-refractivity contribution < 1.29 is 29.2 Å². The van der Waals surface area contributed by atoms with E-state index in [1.165, 1.54) is 9.96 Å². The third-order valence-corrected chi connectivity index (χ3v) is 4.49. The number of piperidine rings is 1. The second-order valence-electron chi connectivity index (χ2n) is 6.31. The van der Waals surface area contributed by atoms with Crippen LogP contribution in [0.4, 0.5) is 9.59 Å². The van der Waals surface area contributed by atoms with Crippen molar-refractivity contribution in [1.29, 1.82) is 0 Å². The van der Waals surface area contributed by atoms with Gasteiger partial charge in [-0.25, -0.2) is 15.1 Å². The Morgan fingerprint density at radius 2 is 2.00 bits per heavy atom. The highest BCUT2D eigenvalue weighted by Gasteiger charge is 2.48. The van der Waals surface area contributed by atoms with Gasteiger partial charge in [0.25, 0.3) is 5.91 Å². The predicted octanol–water partition coefficient (Wildman–Crippen LogP) is 0.702. The first-order valence-corrected chi connectivity index (χ1v) is 8.71. The van der Waals surface area contributed by atoms with E-state index in [4.69, 9.17) is 14.8 Å². The van der Waals surface area contributed by atoms with Crippen LogP contribution in [0, 0.1) is 0 Å². The van der Waals surface area contributed by atoms with Crippen molar-refractivity contribution >= 4 is 18.0 Å². The first-order valence-electron chi connectivity index (χ1n) is 8.71. The molecule has 10 nitrogen and oxygen atoms in total. The minimum absolute atomic E-state index is 0.00631. The maximum absolute atomic E-state index is 12.6. The van der Waals surface area contributed by atoms with Crippen molar-refractivity contribution in [3.63, 3.8) is 0 Å². The molecule has 2 aliphatic rings. The van der Waals surface area contributed by atoms with Crippen LogP contribution in [0.1, 0.15) is 18.4 Å². The Balaban J connectivity index is 1.48. The number of urea groups is 1. The van der Waals surface area contributed by atoms with Gasteiger partial charge in [-0.05, 0) is 18.4 Å². The summed E-state index contributed by atoms with van der Waals surface area (Å²) in [5, 5.41) is 11.9. The van der Waals surface area contributed by atoms with E-state index in [1.54, 1.807) is 0 Å². The average molecular weight is 378 g/mol. The first-order chi connectivity index (χ1) is 13.1. The highest BCUT2D eigenvalue weighted by molar-refractivity contribution is 5.88. The van der Waals surface area contributed by atoms with Gasteiger partial charge in [0.15, 0.2) is 0 Å². The molecule has 2 aliphatic heterocycles. The molecule has 146 valence electrons. The molecule has 2 heterocycles. The van der Waals surface area contributed by atoms with Gasteiger partial charge in [0.2, 0.25) is 0 Å². The summed E-state index contributed by atoms with van der Waals surface area (Å²) < 4.78 is 0. The number of carbonyl (C=O) groups is 3. The summed E-state index contributed by atoms with van der Waals surface area (Å²) in [6.07, 6.45) is -0.0126. The lowest BCUT2D eigenvalue weighted by molar-refractivity contribution is -0.141. The largest absolute Gasteiger partial charge is 0.465 e. The van der Waals surface area contributed by atoms with Gasteiger partial charge in [-0.1, -0.05) is 30.3 Å². The number of carbonyl (C=O) groups excluding carboxylic acids is 2. The molecule has 2 fully saturated rings. The number of hydroxylamine groups is 3. The van der Waals surface area contributed by atoms with Gasteiger partial charge in [0, 0.05) is 13.1 Å². The average Bonchev–Trinajstić information content (AvgIpc) is 2.90. The Morgan fingerprint density at radius 3 is 2.74 bits per heavy atom. The fourth-order valence-corrected chi connectivity index (χ4v) is 3.19. The smallest absolute Gasteiger partial charge is 0.404 e. The highest BCUT2D eigenvalue weighted by atomic mass is 16.7. The molecule has 3 rings (SSSR count). The Hall–Kier alpha value is -2.85. The molecule has 4 amide bonds. The van der Waals surface area contributed by atoms with Crippen LogP contribution in [0.5, 0.6) is 0 Å². The van der Waals surface area contributed by atoms with Crippen LogP contribution in [0.15, 0.2) is 30.3 Å². The van der Waals surface area contributed by atoms with E-state index in [-0.39, 0.29) is 31.8 Å². The van der Waals surface area contributed by atoms with E-state index in [0.717, 1.165) is 5.56 Å². The second-order valence-corrected chi connectivity index (χ2v) is 6.31. The second kappa shape index (κ2) is 8.69. The van der Waals surface area contributed by atoms with Gasteiger partial charge < -0.3 is 15.3 Å². The molecule has 3 N–H and O–H groups in total. The van der Waals surface area contributed by atoms with Crippen LogP contribution in [0.25, 0.3) is 0 Å². The monoisotopic (exact) mass is 378 g/mol. The van der Waals surface area contributed by atoms with E-state index in [1.807, 2.05) is 30.3 Å². The Morgan fingerprint density at radius 1 is 1.22 bits per heavy atom. The van der Waals surface area contributed by atoms with Gasteiger partial charge >= 0.3 is 12.1 Å². The fraction of sp³-hybridized carbons (Fsp3) is 0.471. The quantitative estimate of drug-likeness (QED) is 0.452. The summed E-state index contributed by atoms with van der Waals surface area (Å²) in [7, 11) is 0. The highest BCUT2D eigenvalue weighted by Crippen LogP contribution is 2.30. The van der Waals surface area contributed by atoms with Gasteiger partial charge in [-0.3, -0.25) is 14.5 Å². The van der Waals surface area contributed by atoms with Crippen LogP contribution in [-0.2, 0) is 21.1 Å². The molecule has 0 aliphatic carbocycles. The Labute approximate surface area is 155 Å². The lowest BCUT2D eigenvalue weighted by Gasteiger charge is -2.28. The molecule has 2 bridgehead atoms. The van der Waals surface area contributed by atoms with Crippen LogP contribution in [0.2, 0.25) is 0 Å². The number of fused-ring (bicyclic) bond motifs is 2. The number of hydrogen-bond donors (Lipinski definition) is 3. The fourth-order valence-electron chi connectivity index (χ4n) is 3.19. The number of rotatable bonds is 8. The zero-order chi connectivity index (χ0) is 19.2.